The Morgan fingerprint density at radius 1 is 1.07 bits per heavy atom. The molecule has 0 radical (unpaired) electrons. The monoisotopic (exact) mass is 416 g/mol. The first-order chi connectivity index (χ1) is 13.0. The lowest BCUT2D eigenvalue weighted by Gasteiger charge is -2.22. The molecule has 0 aliphatic rings. The Morgan fingerprint density at radius 2 is 1.71 bits per heavy atom. The highest BCUT2D eigenvalue weighted by molar-refractivity contribution is 6.31. The van der Waals surface area contributed by atoms with Crippen LogP contribution < -0.4 is 10.6 Å². The third-order valence-electron chi connectivity index (χ3n) is 3.89. The second kappa shape index (κ2) is 8.60. The van der Waals surface area contributed by atoms with E-state index in [2.05, 4.69) is 10.6 Å². The van der Waals surface area contributed by atoms with Gasteiger partial charge in [0.05, 0.1) is 16.1 Å². The molecule has 2 amide bonds. The zero-order valence-corrected chi connectivity index (χ0v) is 15.7. The topological polar surface area (TPSA) is 58.2 Å². The predicted octanol–water partition coefficient (Wildman–Crippen LogP) is 4.89. The molecule has 0 fully saturated rings. The van der Waals surface area contributed by atoms with Gasteiger partial charge >= 0.3 is 6.18 Å². The van der Waals surface area contributed by atoms with Crippen LogP contribution in [0.25, 0.3) is 0 Å². The highest BCUT2D eigenvalue weighted by atomic mass is 35.5. The first kappa shape index (κ1) is 21.7. The van der Waals surface area contributed by atoms with E-state index in [1.165, 1.54) is 24.3 Å². The number of hydrogen-bond acceptors (Lipinski definition) is 2. The van der Waals surface area contributed by atoms with Crippen LogP contribution in [-0.4, -0.2) is 17.9 Å². The summed E-state index contributed by atoms with van der Waals surface area (Å²) in [6.07, 6.45) is -4.69. The van der Waals surface area contributed by atoms with Crippen LogP contribution in [-0.2, 0) is 11.0 Å². The van der Waals surface area contributed by atoms with E-state index in [9.17, 15) is 27.2 Å². The number of alkyl halides is 3. The summed E-state index contributed by atoms with van der Waals surface area (Å²) >= 11 is 5.56. The lowest BCUT2D eigenvalue weighted by Crippen LogP contribution is -2.47. The van der Waals surface area contributed by atoms with Crippen molar-refractivity contribution in [3.05, 3.63) is 64.4 Å². The minimum atomic E-state index is -4.69. The minimum absolute atomic E-state index is 0.132. The van der Waals surface area contributed by atoms with Gasteiger partial charge in [0.25, 0.3) is 5.91 Å². The summed E-state index contributed by atoms with van der Waals surface area (Å²) < 4.78 is 52.6. The van der Waals surface area contributed by atoms with Gasteiger partial charge in [-0.3, -0.25) is 9.59 Å². The molecule has 0 aromatic heterocycles. The van der Waals surface area contributed by atoms with Gasteiger partial charge in [0.1, 0.15) is 11.9 Å². The number of rotatable bonds is 5. The molecule has 0 saturated carbocycles. The molecule has 0 aliphatic carbocycles. The molecule has 28 heavy (non-hydrogen) atoms. The molecule has 0 heterocycles. The number of carbonyl (C=O) groups is 2. The lowest BCUT2D eigenvalue weighted by molar-refractivity contribution is -0.137. The molecule has 0 bridgehead atoms. The van der Waals surface area contributed by atoms with Gasteiger partial charge in [-0.1, -0.05) is 37.6 Å². The molecule has 9 heteroatoms. The van der Waals surface area contributed by atoms with E-state index in [0.29, 0.717) is 6.07 Å². The van der Waals surface area contributed by atoms with E-state index in [-0.39, 0.29) is 11.3 Å². The van der Waals surface area contributed by atoms with Crippen LogP contribution in [0.4, 0.5) is 23.2 Å². The molecule has 1 atom stereocenters. The van der Waals surface area contributed by atoms with Gasteiger partial charge in [0.2, 0.25) is 5.91 Å². The van der Waals surface area contributed by atoms with Crippen LogP contribution in [0.15, 0.2) is 42.5 Å². The van der Waals surface area contributed by atoms with Crippen molar-refractivity contribution in [1.29, 1.82) is 0 Å². The largest absolute Gasteiger partial charge is 0.417 e. The van der Waals surface area contributed by atoms with E-state index in [1.807, 2.05) is 0 Å². The Hall–Kier alpha value is -2.61. The quantitative estimate of drug-likeness (QED) is 0.682. The van der Waals surface area contributed by atoms with E-state index >= 15 is 0 Å². The normalized spacial score (nSPS) is 12.6. The Balaban J connectivity index is 2.20. The summed E-state index contributed by atoms with van der Waals surface area (Å²) in [4.78, 5) is 24.8. The second-order valence-corrected chi connectivity index (χ2v) is 6.76. The van der Waals surface area contributed by atoms with Gasteiger partial charge < -0.3 is 10.6 Å². The van der Waals surface area contributed by atoms with Crippen molar-refractivity contribution >= 4 is 29.1 Å². The van der Waals surface area contributed by atoms with Crippen molar-refractivity contribution in [2.75, 3.05) is 5.32 Å². The maximum absolute atomic E-state index is 13.8. The summed E-state index contributed by atoms with van der Waals surface area (Å²) in [5, 5.41) is 4.24. The first-order valence-electron chi connectivity index (χ1n) is 8.23. The lowest BCUT2D eigenvalue weighted by atomic mass is 10.0. The maximum Gasteiger partial charge on any atom is 0.417 e. The van der Waals surface area contributed by atoms with Crippen LogP contribution in [0, 0.1) is 11.7 Å². The third kappa shape index (κ3) is 5.22. The number of carbonyl (C=O) groups excluding carboxylic acids is 2. The van der Waals surface area contributed by atoms with Gasteiger partial charge in [-0.05, 0) is 36.2 Å². The standard InChI is InChI=1S/C19H17ClF4N2O2/c1-10(2)16(26-17(27)12-5-3-4-6-15(12)21)18(28)25-11-7-8-14(20)13(9-11)19(22,23)24/h3-10,16H,1-2H3,(H,25,28)(H,26,27)/t16-/m0/s1. The molecular weight excluding hydrogens is 400 g/mol. The van der Waals surface area contributed by atoms with Crippen molar-refractivity contribution < 1.29 is 27.2 Å². The van der Waals surface area contributed by atoms with E-state index in [4.69, 9.17) is 11.6 Å². The molecule has 0 unspecified atom stereocenters. The Kier molecular flexibility index (Phi) is 6.66. The van der Waals surface area contributed by atoms with Crippen LogP contribution in [0.1, 0.15) is 29.8 Å². The zero-order chi connectivity index (χ0) is 21.1. The molecule has 0 saturated heterocycles. The van der Waals surface area contributed by atoms with Gasteiger partial charge in [-0.15, -0.1) is 0 Å². The fraction of sp³-hybridized carbons (Fsp3) is 0.263. The van der Waals surface area contributed by atoms with Crippen LogP contribution in [0.2, 0.25) is 5.02 Å². The number of nitrogens with one attached hydrogen (secondary N) is 2. The van der Waals surface area contributed by atoms with Gasteiger partial charge in [0, 0.05) is 5.69 Å². The summed E-state index contributed by atoms with van der Waals surface area (Å²) in [6, 6.07) is 7.08. The first-order valence-corrected chi connectivity index (χ1v) is 8.61. The smallest absolute Gasteiger partial charge is 0.340 e. The van der Waals surface area contributed by atoms with Crippen molar-refractivity contribution in [2.45, 2.75) is 26.1 Å². The average Bonchev–Trinajstić information content (AvgIpc) is 2.60. The number of amides is 2. The SMILES string of the molecule is CC(C)[C@H](NC(=O)c1ccccc1F)C(=O)Nc1ccc(Cl)c(C(F)(F)F)c1. The second-order valence-electron chi connectivity index (χ2n) is 6.36. The molecule has 2 rings (SSSR count). The number of anilines is 1. The van der Waals surface area contributed by atoms with Crippen LogP contribution in [0.5, 0.6) is 0 Å². The molecule has 2 N–H and O–H groups in total. The van der Waals surface area contributed by atoms with Gasteiger partial charge in [-0.2, -0.15) is 13.2 Å². The van der Waals surface area contributed by atoms with Crippen molar-refractivity contribution in [2.24, 2.45) is 5.92 Å². The molecule has 2 aromatic rings. The molecule has 4 nitrogen and oxygen atoms in total. The number of halogens is 5. The van der Waals surface area contributed by atoms with E-state index in [1.54, 1.807) is 13.8 Å². The summed E-state index contributed by atoms with van der Waals surface area (Å²) in [7, 11) is 0. The third-order valence-corrected chi connectivity index (χ3v) is 4.22. The molecule has 150 valence electrons. The fourth-order valence-corrected chi connectivity index (χ4v) is 2.66. The summed E-state index contributed by atoms with van der Waals surface area (Å²) in [6.45, 7) is 3.27. The molecule has 2 aromatic carbocycles. The minimum Gasteiger partial charge on any atom is -0.340 e. The number of benzene rings is 2. The molecular formula is C19H17ClF4N2O2. The van der Waals surface area contributed by atoms with E-state index < -0.39 is 46.4 Å². The predicted molar refractivity (Wildman–Crippen MR) is 97.6 cm³/mol. The zero-order valence-electron chi connectivity index (χ0n) is 14.9. The van der Waals surface area contributed by atoms with Gasteiger partial charge in [0.15, 0.2) is 0 Å². The summed E-state index contributed by atoms with van der Waals surface area (Å²) in [5.41, 5.74) is -1.47. The number of hydrogen-bond donors (Lipinski definition) is 2. The molecule has 0 spiro atoms. The maximum atomic E-state index is 13.8. The summed E-state index contributed by atoms with van der Waals surface area (Å²) in [5.74, 6) is -2.71. The van der Waals surface area contributed by atoms with E-state index in [0.717, 1.165) is 12.1 Å². The molecule has 0 aliphatic heterocycles. The Labute approximate surface area is 163 Å². The van der Waals surface area contributed by atoms with Crippen LogP contribution in [0.3, 0.4) is 0 Å². The average molecular weight is 417 g/mol. The van der Waals surface area contributed by atoms with Crippen molar-refractivity contribution in [1.82, 2.24) is 5.32 Å². The Morgan fingerprint density at radius 3 is 2.29 bits per heavy atom. The Bertz CT molecular complexity index is 884. The van der Waals surface area contributed by atoms with Crippen LogP contribution >= 0.6 is 11.6 Å². The highest BCUT2D eigenvalue weighted by Crippen LogP contribution is 2.36. The fourth-order valence-electron chi connectivity index (χ4n) is 2.44. The highest BCUT2D eigenvalue weighted by Gasteiger charge is 2.34. The van der Waals surface area contributed by atoms with Crippen molar-refractivity contribution in [3.8, 4) is 0 Å². The van der Waals surface area contributed by atoms with Crippen molar-refractivity contribution in [3.63, 3.8) is 0 Å². The van der Waals surface area contributed by atoms with Gasteiger partial charge in [-0.25, -0.2) is 4.39 Å².